The van der Waals surface area contributed by atoms with Gasteiger partial charge in [0.25, 0.3) is 0 Å². The lowest BCUT2D eigenvalue weighted by molar-refractivity contribution is -0.123. The molecule has 0 amide bonds. The summed E-state index contributed by atoms with van der Waals surface area (Å²) in [6, 6.07) is 5.27. The number of nitrogens with zero attached hydrogens (tertiary/aromatic N) is 2. The smallest absolute Gasteiger partial charge is 0.136 e. The average molecular weight is 232 g/mol. The van der Waals surface area contributed by atoms with Crippen molar-refractivity contribution in [3.8, 4) is 0 Å². The zero-order chi connectivity index (χ0) is 11.7. The van der Waals surface area contributed by atoms with Crippen LogP contribution >= 0.6 is 0 Å². The Kier molecular flexibility index (Phi) is 3.02. The van der Waals surface area contributed by atoms with E-state index in [1.54, 1.807) is 0 Å². The zero-order valence-electron chi connectivity index (χ0n) is 10.2. The maximum absolute atomic E-state index is 11.5. The summed E-state index contributed by atoms with van der Waals surface area (Å²) in [5.74, 6) is 0.485. The summed E-state index contributed by atoms with van der Waals surface area (Å²) >= 11 is 0. The van der Waals surface area contributed by atoms with Gasteiger partial charge in [-0.2, -0.15) is 0 Å². The van der Waals surface area contributed by atoms with E-state index in [0.717, 1.165) is 25.9 Å². The van der Waals surface area contributed by atoms with Crippen molar-refractivity contribution in [1.29, 1.82) is 0 Å². The summed E-state index contributed by atoms with van der Waals surface area (Å²) in [7, 11) is 0. The molecule has 1 aromatic rings. The van der Waals surface area contributed by atoms with Crippen molar-refractivity contribution in [3.63, 3.8) is 0 Å². The van der Waals surface area contributed by atoms with Gasteiger partial charge in [0.2, 0.25) is 0 Å². The largest absolute Gasteiger partial charge is 0.354 e. The van der Waals surface area contributed by atoms with Crippen LogP contribution in [-0.2, 0) is 11.3 Å². The molecule has 2 unspecified atom stereocenters. The van der Waals surface area contributed by atoms with E-state index in [9.17, 15) is 4.79 Å². The second kappa shape index (κ2) is 4.65. The van der Waals surface area contributed by atoms with Gasteiger partial charge in [-0.3, -0.25) is 9.69 Å². The van der Waals surface area contributed by atoms with Gasteiger partial charge < -0.3 is 4.57 Å². The Balaban J connectivity index is 1.51. The molecule has 3 heterocycles. The molecular weight excluding hydrogens is 212 g/mol. The van der Waals surface area contributed by atoms with Crippen molar-refractivity contribution in [2.75, 3.05) is 6.54 Å². The van der Waals surface area contributed by atoms with Crippen LogP contribution in [0.3, 0.4) is 0 Å². The van der Waals surface area contributed by atoms with Gasteiger partial charge in [0, 0.05) is 50.4 Å². The molecule has 2 atom stereocenters. The molecule has 3 heteroatoms. The van der Waals surface area contributed by atoms with Crippen molar-refractivity contribution >= 4 is 5.78 Å². The molecule has 2 bridgehead atoms. The predicted octanol–water partition coefficient (Wildman–Crippen LogP) is 2.07. The number of hydrogen-bond acceptors (Lipinski definition) is 2. The standard InChI is InChI=1S/C14H20N2O/c17-14-10-12-4-5-13(11-14)16(12)9-3-8-15-6-1-2-7-15/h1-2,6-7,12-13H,3-5,8-11H2. The van der Waals surface area contributed by atoms with Crippen molar-refractivity contribution in [3.05, 3.63) is 24.5 Å². The highest BCUT2D eigenvalue weighted by molar-refractivity contribution is 5.80. The number of ketones is 1. The average Bonchev–Trinajstić information content (AvgIpc) is 2.88. The molecule has 3 rings (SSSR count). The molecule has 0 aromatic carbocycles. The fourth-order valence-corrected chi connectivity index (χ4v) is 3.38. The minimum Gasteiger partial charge on any atom is -0.354 e. The minimum atomic E-state index is 0.485. The van der Waals surface area contributed by atoms with Gasteiger partial charge in [-0.15, -0.1) is 0 Å². The minimum absolute atomic E-state index is 0.485. The highest BCUT2D eigenvalue weighted by Gasteiger charge is 2.39. The van der Waals surface area contributed by atoms with Crippen LogP contribution in [0.1, 0.15) is 32.1 Å². The first-order chi connectivity index (χ1) is 8.33. The van der Waals surface area contributed by atoms with Crippen LogP contribution in [0.25, 0.3) is 0 Å². The van der Waals surface area contributed by atoms with E-state index in [0.29, 0.717) is 17.9 Å². The van der Waals surface area contributed by atoms with Gasteiger partial charge in [0.1, 0.15) is 5.78 Å². The number of aromatic nitrogens is 1. The number of fused-ring (bicyclic) bond motifs is 2. The molecule has 3 nitrogen and oxygen atoms in total. The first-order valence-electron chi connectivity index (χ1n) is 6.71. The molecule has 2 saturated heterocycles. The van der Waals surface area contributed by atoms with E-state index in [1.807, 2.05) is 0 Å². The molecule has 0 N–H and O–H groups in total. The second-order valence-electron chi connectivity index (χ2n) is 5.34. The molecule has 17 heavy (non-hydrogen) atoms. The van der Waals surface area contributed by atoms with E-state index in [2.05, 4.69) is 34.0 Å². The van der Waals surface area contributed by atoms with E-state index in [1.165, 1.54) is 19.3 Å². The van der Waals surface area contributed by atoms with Gasteiger partial charge in [0.15, 0.2) is 0 Å². The molecule has 2 fully saturated rings. The monoisotopic (exact) mass is 232 g/mol. The second-order valence-corrected chi connectivity index (χ2v) is 5.34. The first-order valence-corrected chi connectivity index (χ1v) is 6.71. The van der Waals surface area contributed by atoms with Crippen LogP contribution in [0.4, 0.5) is 0 Å². The topological polar surface area (TPSA) is 25.2 Å². The summed E-state index contributed by atoms with van der Waals surface area (Å²) < 4.78 is 2.23. The van der Waals surface area contributed by atoms with Crippen LogP contribution in [0, 0.1) is 0 Å². The normalized spacial score (nSPS) is 28.8. The fourth-order valence-electron chi connectivity index (χ4n) is 3.38. The Morgan fingerprint density at radius 1 is 1.06 bits per heavy atom. The lowest BCUT2D eigenvalue weighted by Crippen LogP contribution is -2.43. The highest BCUT2D eigenvalue weighted by Crippen LogP contribution is 2.33. The van der Waals surface area contributed by atoms with Gasteiger partial charge in [-0.1, -0.05) is 0 Å². The fraction of sp³-hybridized carbons (Fsp3) is 0.643. The molecular formula is C14H20N2O. The molecule has 0 saturated carbocycles. The molecule has 0 spiro atoms. The maximum Gasteiger partial charge on any atom is 0.136 e. The van der Waals surface area contributed by atoms with Crippen molar-refractivity contribution in [2.45, 2.75) is 50.7 Å². The van der Waals surface area contributed by atoms with Gasteiger partial charge in [-0.25, -0.2) is 0 Å². The third-order valence-corrected chi connectivity index (χ3v) is 4.20. The van der Waals surface area contributed by atoms with Crippen LogP contribution in [0.15, 0.2) is 24.5 Å². The molecule has 1 aromatic heterocycles. The zero-order valence-corrected chi connectivity index (χ0v) is 10.2. The summed E-state index contributed by atoms with van der Waals surface area (Å²) in [5.41, 5.74) is 0. The number of Topliss-reactive ketones (excluding diaryl/α,β-unsaturated/α-hetero) is 1. The van der Waals surface area contributed by atoms with Crippen molar-refractivity contribution < 1.29 is 4.79 Å². The number of carbonyl (C=O) groups excluding carboxylic acids is 1. The lowest BCUT2D eigenvalue weighted by atomic mass is 10.0. The molecule has 0 radical (unpaired) electrons. The Hall–Kier alpha value is -1.09. The van der Waals surface area contributed by atoms with Gasteiger partial charge >= 0.3 is 0 Å². The maximum atomic E-state index is 11.5. The third kappa shape index (κ3) is 2.29. The van der Waals surface area contributed by atoms with E-state index in [-0.39, 0.29) is 0 Å². The Morgan fingerprint density at radius 2 is 1.71 bits per heavy atom. The summed E-state index contributed by atoms with van der Waals surface area (Å²) in [4.78, 5) is 14.1. The number of aryl methyl sites for hydroxylation is 1. The summed E-state index contributed by atoms with van der Waals surface area (Å²) in [5, 5.41) is 0. The highest BCUT2D eigenvalue weighted by atomic mass is 16.1. The number of hydrogen-bond donors (Lipinski definition) is 0. The van der Waals surface area contributed by atoms with Crippen LogP contribution in [0.2, 0.25) is 0 Å². The Morgan fingerprint density at radius 3 is 2.35 bits per heavy atom. The van der Waals surface area contributed by atoms with E-state index in [4.69, 9.17) is 0 Å². The van der Waals surface area contributed by atoms with E-state index >= 15 is 0 Å². The van der Waals surface area contributed by atoms with Crippen LogP contribution in [0.5, 0.6) is 0 Å². The summed E-state index contributed by atoms with van der Waals surface area (Å²) in [6.45, 7) is 2.25. The van der Waals surface area contributed by atoms with Gasteiger partial charge in [-0.05, 0) is 31.4 Å². The van der Waals surface area contributed by atoms with E-state index < -0.39 is 0 Å². The lowest BCUT2D eigenvalue weighted by Gasteiger charge is -2.33. The van der Waals surface area contributed by atoms with Crippen molar-refractivity contribution in [2.24, 2.45) is 0 Å². The van der Waals surface area contributed by atoms with Crippen LogP contribution < -0.4 is 0 Å². The molecule has 92 valence electrons. The van der Waals surface area contributed by atoms with Gasteiger partial charge in [0.05, 0.1) is 0 Å². The Labute approximate surface area is 102 Å². The van der Waals surface area contributed by atoms with Crippen molar-refractivity contribution in [1.82, 2.24) is 9.47 Å². The number of rotatable bonds is 4. The first kappa shape index (κ1) is 11.0. The predicted molar refractivity (Wildman–Crippen MR) is 66.8 cm³/mol. The Bertz CT molecular complexity index is 369. The van der Waals surface area contributed by atoms with Crippen LogP contribution in [-0.4, -0.2) is 33.9 Å². The SMILES string of the molecule is O=C1CC2CCC(C1)N2CCCn1cccc1. The molecule has 2 aliphatic heterocycles. The molecule has 2 aliphatic rings. The quantitative estimate of drug-likeness (QED) is 0.794. The third-order valence-electron chi connectivity index (χ3n) is 4.20. The number of piperidine rings is 1. The molecule has 0 aliphatic carbocycles. The number of carbonyl (C=O) groups is 1. The summed E-state index contributed by atoms with van der Waals surface area (Å²) in [6.07, 6.45) is 9.51.